The van der Waals surface area contributed by atoms with Crippen molar-refractivity contribution < 1.29 is 0 Å². The van der Waals surface area contributed by atoms with E-state index in [9.17, 15) is 5.26 Å². The molecule has 1 aliphatic heterocycles. The lowest BCUT2D eigenvalue weighted by molar-refractivity contribution is 0.878. The molecule has 0 saturated heterocycles. The molecule has 0 aliphatic carbocycles. The Bertz CT molecular complexity index is 688. The highest BCUT2D eigenvalue weighted by Gasteiger charge is 2.21. The maximum absolute atomic E-state index is 9.21. The predicted molar refractivity (Wildman–Crippen MR) is 76.9 cm³/mol. The minimum absolute atomic E-state index is 0.584. The molecular weight excluding hydrogens is 258 g/mol. The van der Waals surface area contributed by atoms with E-state index in [4.69, 9.17) is 17.3 Å². The lowest BCUT2D eigenvalue weighted by atomic mass is 10.1. The van der Waals surface area contributed by atoms with E-state index in [0.29, 0.717) is 10.6 Å². The van der Waals surface area contributed by atoms with E-state index in [2.05, 4.69) is 11.0 Å². The van der Waals surface area contributed by atoms with Gasteiger partial charge in [-0.05, 0) is 41.5 Å². The topological polar surface area (TPSA) is 53.0 Å². The van der Waals surface area contributed by atoms with Crippen LogP contribution in [0.3, 0.4) is 0 Å². The molecular formula is C15H12ClN3. The van der Waals surface area contributed by atoms with Gasteiger partial charge >= 0.3 is 0 Å². The first-order chi connectivity index (χ1) is 9.17. The van der Waals surface area contributed by atoms with Crippen molar-refractivity contribution >= 4 is 23.0 Å². The van der Waals surface area contributed by atoms with Crippen molar-refractivity contribution in [1.29, 1.82) is 5.26 Å². The number of nitriles is 1. The van der Waals surface area contributed by atoms with Gasteiger partial charge in [0.15, 0.2) is 0 Å². The van der Waals surface area contributed by atoms with E-state index in [1.165, 1.54) is 11.1 Å². The average molecular weight is 270 g/mol. The third kappa shape index (κ3) is 2.11. The molecule has 2 aromatic rings. The summed E-state index contributed by atoms with van der Waals surface area (Å²) >= 11 is 5.93. The van der Waals surface area contributed by atoms with Crippen LogP contribution in [0, 0.1) is 11.3 Å². The second-order valence-corrected chi connectivity index (χ2v) is 5.09. The molecule has 1 heterocycles. The first-order valence-corrected chi connectivity index (χ1v) is 6.37. The fourth-order valence-electron chi connectivity index (χ4n) is 2.46. The van der Waals surface area contributed by atoms with Crippen molar-refractivity contribution in [2.75, 3.05) is 10.6 Å². The molecule has 3 nitrogen and oxygen atoms in total. The third-order valence-electron chi connectivity index (χ3n) is 3.37. The highest BCUT2D eigenvalue weighted by atomic mass is 35.5. The van der Waals surface area contributed by atoms with Gasteiger partial charge in [-0.3, -0.25) is 0 Å². The van der Waals surface area contributed by atoms with Gasteiger partial charge < -0.3 is 10.6 Å². The molecule has 0 atom stereocenters. The Balaban J connectivity index is 1.97. The van der Waals surface area contributed by atoms with E-state index in [-0.39, 0.29) is 0 Å². The average Bonchev–Trinajstić information content (AvgIpc) is 2.81. The van der Waals surface area contributed by atoms with Gasteiger partial charge in [-0.15, -0.1) is 0 Å². The van der Waals surface area contributed by atoms with Crippen molar-refractivity contribution in [1.82, 2.24) is 0 Å². The molecule has 0 bridgehead atoms. The van der Waals surface area contributed by atoms with Gasteiger partial charge in [0.25, 0.3) is 0 Å². The number of benzene rings is 2. The minimum Gasteiger partial charge on any atom is -0.399 e. The Morgan fingerprint density at radius 2 is 1.89 bits per heavy atom. The lowest BCUT2D eigenvalue weighted by Crippen LogP contribution is -2.15. The summed E-state index contributed by atoms with van der Waals surface area (Å²) in [6.45, 7) is 1.57. The van der Waals surface area contributed by atoms with E-state index in [1.54, 1.807) is 6.07 Å². The van der Waals surface area contributed by atoms with Crippen LogP contribution >= 0.6 is 11.6 Å². The molecule has 0 spiro atoms. The standard InChI is InChI=1S/C15H12ClN3/c16-13-2-4-15(11(5-13)7-17)19-8-10-1-3-14(18)6-12(10)9-19/h1-6H,8-9,18H2. The highest BCUT2D eigenvalue weighted by Crippen LogP contribution is 2.32. The molecule has 19 heavy (non-hydrogen) atoms. The molecule has 0 amide bonds. The summed E-state index contributed by atoms with van der Waals surface area (Å²) in [5.74, 6) is 0. The molecule has 4 heteroatoms. The quantitative estimate of drug-likeness (QED) is 0.808. The van der Waals surface area contributed by atoms with Crippen LogP contribution in [-0.2, 0) is 13.1 Å². The van der Waals surface area contributed by atoms with Gasteiger partial charge in [-0.2, -0.15) is 5.26 Å². The van der Waals surface area contributed by atoms with E-state index < -0.39 is 0 Å². The molecule has 2 N–H and O–H groups in total. The largest absolute Gasteiger partial charge is 0.399 e. The molecule has 0 radical (unpaired) electrons. The van der Waals surface area contributed by atoms with Crippen molar-refractivity contribution in [2.24, 2.45) is 0 Å². The van der Waals surface area contributed by atoms with Crippen LogP contribution in [0.2, 0.25) is 5.02 Å². The van der Waals surface area contributed by atoms with E-state index in [0.717, 1.165) is 24.5 Å². The summed E-state index contributed by atoms with van der Waals surface area (Å²) in [4.78, 5) is 2.17. The van der Waals surface area contributed by atoms with Crippen molar-refractivity contribution in [3.63, 3.8) is 0 Å². The summed E-state index contributed by atoms with van der Waals surface area (Å²) in [5.41, 5.74) is 10.6. The number of anilines is 2. The number of hydrogen-bond donors (Lipinski definition) is 1. The van der Waals surface area contributed by atoms with Crippen LogP contribution in [0.4, 0.5) is 11.4 Å². The third-order valence-corrected chi connectivity index (χ3v) is 3.61. The first-order valence-electron chi connectivity index (χ1n) is 5.99. The minimum atomic E-state index is 0.584. The molecule has 0 fully saturated rings. The molecule has 0 unspecified atom stereocenters. The number of fused-ring (bicyclic) bond motifs is 1. The van der Waals surface area contributed by atoms with Crippen molar-refractivity contribution in [3.8, 4) is 6.07 Å². The summed E-state index contributed by atoms with van der Waals surface area (Å²) in [7, 11) is 0. The fraction of sp³-hybridized carbons (Fsp3) is 0.133. The monoisotopic (exact) mass is 269 g/mol. The van der Waals surface area contributed by atoms with Crippen molar-refractivity contribution in [3.05, 3.63) is 58.1 Å². The first kappa shape index (κ1) is 11.9. The summed E-state index contributed by atoms with van der Waals surface area (Å²) in [6, 6.07) is 13.6. The van der Waals surface area contributed by atoms with E-state index in [1.807, 2.05) is 30.3 Å². The van der Waals surface area contributed by atoms with Crippen LogP contribution in [0.15, 0.2) is 36.4 Å². The Morgan fingerprint density at radius 3 is 2.68 bits per heavy atom. The second-order valence-electron chi connectivity index (χ2n) is 4.66. The molecule has 1 aliphatic rings. The summed E-state index contributed by atoms with van der Waals surface area (Å²) in [5, 5.41) is 9.79. The number of nitrogens with zero attached hydrogens (tertiary/aromatic N) is 2. The van der Waals surface area contributed by atoms with Crippen LogP contribution in [0.5, 0.6) is 0 Å². The number of halogens is 1. The van der Waals surface area contributed by atoms with Gasteiger partial charge in [-0.25, -0.2) is 0 Å². The smallest absolute Gasteiger partial charge is 0.101 e. The summed E-state index contributed by atoms with van der Waals surface area (Å²) in [6.07, 6.45) is 0. The normalized spacial score (nSPS) is 13.2. The molecule has 0 saturated carbocycles. The van der Waals surface area contributed by atoms with Gasteiger partial charge in [0.2, 0.25) is 0 Å². The van der Waals surface area contributed by atoms with Crippen LogP contribution in [0.25, 0.3) is 0 Å². The molecule has 94 valence electrons. The maximum Gasteiger partial charge on any atom is 0.101 e. The van der Waals surface area contributed by atoms with Gasteiger partial charge in [0.05, 0.1) is 11.3 Å². The van der Waals surface area contributed by atoms with Gasteiger partial charge in [-0.1, -0.05) is 17.7 Å². The van der Waals surface area contributed by atoms with Gasteiger partial charge in [0.1, 0.15) is 6.07 Å². The lowest BCUT2D eigenvalue weighted by Gasteiger charge is -2.19. The van der Waals surface area contributed by atoms with E-state index >= 15 is 0 Å². The van der Waals surface area contributed by atoms with Gasteiger partial charge in [0, 0.05) is 23.8 Å². The maximum atomic E-state index is 9.21. The summed E-state index contributed by atoms with van der Waals surface area (Å²) < 4.78 is 0. The molecule has 2 aromatic carbocycles. The zero-order chi connectivity index (χ0) is 13.4. The van der Waals surface area contributed by atoms with Crippen molar-refractivity contribution in [2.45, 2.75) is 13.1 Å². The number of hydrogen-bond acceptors (Lipinski definition) is 3. The fourth-order valence-corrected chi connectivity index (χ4v) is 2.63. The predicted octanol–water partition coefficient (Wildman–Crippen LogP) is 3.31. The number of nitrogen functional groups attached to an aromatic ring is 1. The molecule has 3 rings (SSSR count). The molecule has 0 aromatic heterocycles. The second kappa shape index (κ2) is 4.49. The Kier molecular flexibility index (Phi) is 2.81. The van der Waals surface area contributed by atoms with Crippen LogP contribution < -0.4 is 10.6 Å². The number of rotatable bonds is 1. The Morgan fingerprint density at radius 1 is 1.11 bits per heavy atom. The SMILES string of the molecule is N#Cc1cc(Cl)ccc1N1Cc2ccc(N)cc2C1. The Hall–Kier alpha value is -2.18. The zero-order valence-corrected chi connectivity index (χ0v) is 11.0. The Labute approximate surface area is 116 Å². The van der Waals surface area contributed by atoms with Crippen LogP contribution in [-0.4, -0.2) is 0 Å². The van der Waals surface area contributed by atoms with Crippen LogP contribution in [0.1, 0.15) is 16.7 Å². The zero-order valence-electron chi connectivity index (χ0n) is 10.2. The highest BCUT2D eigenvalue weighted by molar-refractivity contribution is 6.30. The number of nitrogens with two attached hydrogens (primary N) is 1.